The summed E-state index contributed by atoms with van der Waals surface area (Å²) in [5, 5.41) is 13.1. The van der Waals surface area contributed by atoms with E-state index in [9.17, 15) is 14.4 Å². The Balaban J connectivity index is 1.74. The van der Waals surface area contributed by atoms with Crippen LogP contribution in [0.5, 0.6) is 0 Å². The van der Waals surface area contributed by atoms with Crippen molar-refractivity contribution in [1.29, 1.82) is 0 Å². The number of benzene rings is 2. The van der Waals surface area contributed by atoms with E-state index in [0.29, 0.717) is 22.2 Å². The van der Waals surface area contributed by atoms with E-state index in [1.807, 2.05) is 32.0 Å². The lowest BCUT2D eigenvalue weighted by molar-refractivity contribution is -0.127. The second-order valence-electron chi connectivity index (χ2n) is 6.87. The Bertz CT molecular complexity index is 1040. The number of nitrogens with zero attached hydrogens (tertiary/aromatic N) is 1. The van der Waals surface area contributed by atoms with Crippen LogP contribution in [0.4, 0.5) is 5.69 Å². The topological polar surface area (TPSA) is 104 Å². The molecule has 0 aliphatic rings. The number of aromatic nitrogens is 2. The van der Waals surface area contributed by atoms with Crippen molar-refractivity contribution in [2.75, 3.05) is 5.32 Å². The van der Waals surface area contributed by atoms with Crippen molar-refractivity contribution in [3.05, 3.63) is 70.6 Å². The van der Waals surface area contributed by atoms with Crippen molar-refractivity contribution < 1.29 is 9.59 Å². The third-order valence-electron chi connectivity index (χ3n) is 4.41. The Morgan fingerprint density at radius 1 is 1.00 bits per heavy atom. The summed E-state index contributed by atoms with van der Waals surface area (Å²) in [4.78, 5) is 37.1. The van der Waals surface area contributed by atoms with Crippen LogP contribution in [-0.2, 0) is 16.0 Å². The first kappa shape index (κ1) is 19.3. The van der Waals surface area contributed by atoms with Gasteiger partial charge in [-0.2, -0.15) is 5.10 Å². The lowest BCUT2D eigenvalue weighted by Gasteiger charge is -2.21. The molecule has 144 valence electrons. The van der Waals surface area contributed by atoms with Crippen LogP contribution in [0.15, 0.2) is 59.4 Å². The highest BCUT2D eigenvalue weighted by molar-refractivity contribution is 5.98. The third-order valence-corrected chi connectivity index (χ3v) is 4.41. The monoisotopic (exact) mass is 378 g/mol. The number of para-hydroxylation sites is 1. The van der Waals surface area contributed by atoms with Crippen LogP contribution < -0.4 is 16.2 Å². The highest BCUT2D eigenvalue weighted by Gasteiger charge is 2.25. The van der Waals surface area contributed by atoms with Gasteiger partial charge in [0.25, 0.3) is 5.56 Å². The Morgan fingerprint density at radius 2 is 1.64 bits per heavy atom. The van der Waals surface area contributed by atoms with Crippen LogP contribution in [-0.4, -0.2) is 28.1 Å². The van der Waals surface area contributed by atoms with Crippen molar-refractivity contribution in [3.63, 3.8) is 0 Å². The van der Waals surface area contributed by atoms with Gasteiger partial charge in [0.1, 0.15) is 6.04 Å². The van der Waals surface area contributed by atoms with Gasteiger partial charge < -0.3 is 10.6 Å². The minimum absolute atomic E-state index is 0.0425. The number of carbonyl (C=O) groups is 2. The van der Waals surface area contributed by atoms with Crippen molar-refractivity contribution >= 4 is 28.3 Å². The van der Waals surface area contributed by atoms with E-state index in [0.717, 1.165) is 0 Å². The van der Waals surface area contributed by atoms with E-state index in [-0.39, 0.29) is 29.7 Å². The van der Waals surface area contributed by atoms with Gasteiger partial charge in [-0.1, -0.05) is 50.2 Å². The van der Waals surface area contributed by atoms with Crippen molar-refractivity contribution in [2.24, 2.45) is 5.92 Å². The zero-order valence-corrected chi connectivity index (χ0v) is 15.7. The van der Waals surface area contributed by atoms with Gasteiger partial charge in [-0.05, 0) is 24.1 Å². The summed E-state index contributed by atoms with van der Waals surface area (Å²) in [6.45, 7) is 3.73. The zero-order valence-electron chi connectivity index (χ0n) is 15.7. The number of carbonyl (C=O) groups excluding carboxylic acids is 2. The summed E-state index contributed by atoms with van der Waals surface area (Å²) in [7, 11) is 0. The average molecular weight is 378 g/mol. The highest BCUT2D eigenvalue weighted by atomic mass is 16.2. The van der Waals surface area contributed by atoms with Gasteiger partial charge in [-0.15, -0.1) is 0 Å². The maximum absolute atomic E-state index is 12.6. The average Bonchev–Trinajstić information content (AvgIpc) is 2.69. The first-order chi connectivity index (χ1) is 13.5. The minimum atomic E-state index is -0.693. The SMILES string of the molecule is CC(C)C(NC(=O)Cc1n[nH]c(=O)c2ccccc12)C(=O)Nc1ccccc1. The van der Waals surface area contributed by atoms with E-state index in [1.165, 1.54) is 0 Å². The second kappa shape index (κ2) is 8.47. The van der Waals surface area contributed by atoms with E-state index in [2.05, 4.69) is 20.8 Å². The number of rotatable bonds is 6. The van der Waals surface area contributed by atoms with Gasteiger partial charge in [0.2, 0.25) is 11.8 Å². The van der Waals surface area contributed by atoms with Crippen LogP contribution in [0, 0.1) is 5.92 Å². The van der Waals surface area contributed by atoms with Crippen molar-refractivity contribution in [3.8, 4) is 0 Å². The largest absolute Gasteiger partial charge is 0.344 e. The van der Waals surface area contributed by atoms with Crippen LogP contribution in [0.2, 0.25) is 0 Å². The molecule has 3 N–H and O–H groups in total. The number of anilines is 1. The molecule has 0 saturated carbocycles. The van der Waals surface area contributed by atoms with Gasteiger partial charge in [-0.3, -0.25) is 14.4 Å². The Labute approximate surface area is 162 Å². The van der Waals surface area contributed by atoms with E-state index >= 15 is 0 Å². The number of nitrogens with one attached hydrogen (secondary N) is 3. The molecule has 0 aliphatic heterocycles. The van der Waals surface area contributed by atoms with Gasteiger partial charge in [-0.25, -0.2) is 5.10 Å². The molecule has 0 fully saturated rings. The number of hydrogen-bond acceptors (Lipinski definition) is 4. The molecule has 0 radical (unpaired) electrons. The summed E-state index contributed by atoms with van der Waals surface area (Å²) >= 11 is 0. The van der Waals surface area contributed by atoms with Crippen molar-refractivity contribution in [1.82, 2.24) is 15.5 Å². The molecule has 7 heteroatoms. The minimum Gasteiger partial charge on any atom is -0.344 e. The number of fused-ring (bicyclic) bond motifs is 1. The molecule has 0 spiro atoms. The summed E-state index contributed by atoms with van der Waals surface area (Å²) in [5.74, 6) is -0.728. The standard InChI is InChI=1S/C21H22N4O3/c1-13(2)19(21(28)22-14-8-4-3-5-9-14)23-18(26)12-17-15-10-6-7-11-16(15)20(27)25-24-17/h3-11,13,19H,12H2,1-2H3,(H,22,28)(H,23,26)(H,25,27). The fourth-order valence-electron chi connectivity index (χ4n) is 2.96. The predicted octanol–water partition coefficient (Wildman–Crippen LogP) is 2.25. The summed E-state index contributed by atoms with van der Waals surface area (Å²) in [6, 6.07) is 15.4. The molecular weight excluding hydrogens is 356 g/mol. The number of amides is 2. The summed E-state index contributed by atoms with van der Waals surface area (Å²) in [6.07, 6.45) is -0.0425. The maximum Gasteiger partial charge on any atom is 0.272 e. The Kier molecular flexibility index (Phi) is 5.84. The molecule has 2 amide bonds. The van der Waals surface area contributed by atoms with E-state index < -0.39 is 6.04 Å². The van der Waals surface area contributed by atoms with Crippen LogP contribution >= 0.6 is 0 Å². The van der Waals surface area contributed by atoms with Gasteiger partial charge in [0.05, 0.1) is 17.5 Å². The van der Waals surface area contributed by atoms with E-state index in [4.69, 9.17) is 0 Å². The number of aromatic amines is 1. The van der Waals surface area contributed by atoms with Crippen LogP contribution in [0.1, 0.15) is 19.5 Å². The molecule has 0 saturated heterocycles. The molecule has 28 heavy (non-hydrogen) atoms. The number of hydrogen-bond donors (Lipinski definition) is 3. The molecule has 1 aromatic heterocycles. The third kappa shape index (κ3) is 4.43. The Hall–Kier alpha value is -3.48. The number of H-pyrrole nitrogens is 1. The lowest BCUT2D eigenvalue weighted by Crippen LogP contribution is -2.47. The molecule has 0 bridgehead atoms. The van der Waals surface area contributed by atoms with Crippen molar-refractivity contribution in [2.45, 2.75) is 26.3 Å². The quantitative estimate of drug-likeness (QED) is 0.612. The lowest BCUT2D eigenvalue weighted by atomic mass is 10.0. The second-order valence-corrected chi connectivity index (χ2v) is 6.87. The molecule has 7 nitrogen and oxygen atoms in total. The molecule has 1 heterocycles. The molecule has 2 aromatic carbocycles. The molecule has 1 atom stereocenters. The highest BCUT2D eigenvalue weighted by Crippen LogP contribution is 2.14. The maximum atomic E-state index is 12.6. The molecule has 1 unspecified atom stereocenters. The summed E-state index contributed by atoms with van der Waals surface area (Å²) < 4.78 is 0. The van der Waals surface area contributed by atoms with Crippen LogP contribution in [0.25, 0.3) is 10.8 Å². The predicted molar refractivity (Wildman–Crippen MR) is 108 cm³/mol. The van der Waals surface area contributed by atoms with Crippen LogP contribution in [0.3, 0.4) is 0 Å². The molecule has 3 aromatic rings. The fraction of sp³-hybridized carbons (Fsp3) is 0.238. The fourth-order valence-corrected chi connectivity index (χ4v) is 2.96. The Morgan fingerprint density at radius 3 is 2.32 bits per heavy atom. The molecular formula is C21H22N4O3. The van der Waals surface area contributed by atoms with E-state index in [1.54, 1.807) is 36.4 Å². The first-order valence-corrected chi connectivity index (χ1v) is 9.07. The molecule has 3 rings (SSSR count). The summed E-state index contributed by atoms with van der Waals surface area (Å²) in [5.41, 5.74) is 0.821. The molecule has 0 aliphatic carbocycles. The smallest absolute Gasteiger partial charge is 0.272 e. The zero-order chi connectivity index (χ0) is 20.1. The van der Waals surface area contributed by atoms with Gasteiger partial charge in [0, 0.05) is 11.1 Å². The van der Waals surface area contributed by atoms with Gasteiger partial charge >= 0.3 is 0 Å². The normalized spacial score (nSPS) is 12.0. The van der Waals surface area contributed by atoms with Gasteiger partial charge in [0.15, 0.2) is 0 Å². The first-order valence-electron chi connectivity index (χ1n) is 9.07.